The molecule has 3 heteroatoms. The molecule has 0 saturated carbocycles. The molecule has 0 fully saturated rings. The highest BCUT2D eigenvalue weighted by atomic mass is 19.1. The summed E-state index contributed by atoms with van der Waals surface area (Å²) >= 11 is 0. The highest BCUT2D eigenvalue weighted by molar-refractivity contribution is 5.28. The number of hydrogen-bond donors (Lipinski definition) is 2. The van der Waals surface area contributed by atoms with E-state index < -0.39 is 0 Å². The summed E-state index contributed by atoms with van der Waals surface area (Å²) in [7, 11) is 0. The average Bonchev–Trinajstić information content (AvgIpc) is 2.32. The van der Waals surface area contributed by atoms with E-state index in [0.717, 1.165) is 18.2 Å². The Morgan fingerprint density at radius 1 is 1.28 bits per heavy atom. The van der Waals surface area contributed by atoms with Gasteiger partial charge >= 0.3 is 0 Å². The van der Waals surface area contributed by atoms with Crippen molar-refractivity contribution in [1.82, 2.24) is 5.32 Å². The number of phenolic OH excluding ortho intramolecular Hbond substituents is 1. The predicted octanol–water partition coefficient (Wildman–Crippen LogP) is 3.84. The molecule has 0 radical (unpaired) electrons. The fourth-order valence-corrected chi connectivity index (χ4v) is 2.10. The van der Waals surface area contributed by atoms with Crippen molar-refractivity contribution in [3.8, 4) is 5.75 Å². The maximum Gasteiger partial charge on any atom is 0.127 e. The SMILES string of the molecule is CCCCC(CC)CNCc1cc(O)cc(F)c1. The number of hydrogen-bond acceptors (Lipinski definition) is 2. The first-order valence-electron chi connectivity index (χ1n) is 6.84. The van der Waals surface area contributed by atoms with E-state index in [1.165, 1.54) is 31.7 Å². The molecule has 0 amide bonds. The van der Waals surface area contributed by atoms with Crippen LogP contribution in [0.5, 0.6) is 5.75 Å². The summed E-state index contributed by atoms with van der Waals surface area (Å²) in [6, 6.07) is 4.18. The number of phenols is 1. The molecular weight excluding hydrogens is 229 g/mol. The van der Waals surface area contributed by atoms with Crippen molar-refractivity contribution in [2.45, 2.75) is 46.1 Å². The number of rotatable bonds is 8. The van der Waals surface area contributed by atoms with Crippen LogP contribution in [0, 0.1) is 11.7 Å². The summed E-state index contributed by atoms with van der Waals surface area (Å²) in [5, 5.41) is 12.6. The first-order chi connectivity index (χ1) is 8.65. The van der Waals surface area contributed by atoms with Crippen molar-refractivity contribution in [3.05, 3.63) is 29.6 Å². The summed E-state index contributed by atoms with van der Waals surface area (Å²) < 4.78 is 13.1. The summed E-state index contributed by atoms with van der Waals surface area (Å²) in [5.74, 6) is 0.293. The minimum Gasteiger partial charge on any atom is -0.508 e. The van der Waals surface area contributed by atoms with Crippen LogP contribution < -0.4 is 5.32 Å². The van der Waals surface area contributed by atoms with E-state index in [1.807, 2.05) is 0 Å². The van der Waals surface area contributed by atoms with E-state index in [2.05, 4.69) is 19.2 Å². The van der Waals surface area contributed by atoms with Gasteiger partial charge in [-0.2, -0.15) is 0 Å². The summed E-state index contributed by atoms with van der Waals surface area (Å²) in [6.45, 7) is 5.97. The Labute approximate surface area is 109 Å². The minimum absolute atomic E-state index is 0.00942. The van der Waals surface area contributed by atoms with Crippen LogP contribution in [-0.4, -0.2) is 11.7 Å². The fourth-order valence-electron chi connectivity index (χ4n) is 2.10. The maximum absolute atomic E-state index is 13.1. The lowest BCUT2D eigenvalue weighted by atomic mass is 9.99. The van der Waals surface area contributed by atoms with Crippen LogP contribution in [0.4, 0.5) is 4.39 Å². The lowest BCUT2D eigenvalue weighted by Gasteiger charge is -2.15. The van der Waals surface area contributed by atoms with Gasteiger partial charge in [-0.15, -0.1) is 0 Å². The minimum atomic E-state index is -0.384. The van der Waals surface area contributed by atoms with Crippen molar-refractivity contribution in [1.29, 1.82) is 0 Å². The third-order valence-electron chi connectivity index (χ3n) is 3.25. The largest absolute Gasteiger partial charge is 0.508 e. The molecular formula is C15H24FNO. The van der Waals surface area contributed by atoms with Crippen molar-refractivity contribution in [3.63, 3.8) is 0 Å². The van der Waals surface area contributed by atoms with Crippen molar-refractivity contribution < 1.29 is 9.50 Å². The highest BCUT2D eigenvalue weighted by Gasteiger charge is 2.05. The Balaban J connectivity index is 2.35. The molecule has 0 heterocycles. The molecule has 1 aromatic carbocycles. The van der Waals surface area contributed by atoms with E-state index in [-0.39, 0.29) is 11.6 Å². The monoisotopic (exact) mass is 253 g/mol. The molecule has 1 atom stereocenters. The van der Waals surface area contributed by atoms with Gasteiger partial charge in [-0.3, -0.25) is 0 Å². The van der Waals surface area contributed by atoms with Crippen LogP contribution >= 0.6 is 0 Å². The van der Waals surface area contributed by atoms with Gasteiger partial charge in [0, 0.05) is 12.6 Å². The number of halogens is 1. The first kappa shape index (κ1) is 15.0. The molecule has 1 aromatic rings. The number of benzene rings is 1. The highest BCUT2D eigenvalue weighted by Crippen LogP contribution is 2.15. The number of unbranched alkanes of at least 4 members (excludes halogenated alkanes) is 1. The van der Waals surface area contributed by atoms with Crippen molar-refractivity contribution in [2.75, 3.05) is 6.54 Å². The Morgan fingerprint density at radius 3 is 2.67 bits per heavy atom. The van der Waals surface area contributed by atoms with Gasteiger partial charge in [0.05, 0.1) is 0 Å². The number of nitrogens with one attached hydrogen (secondary N) is 1. The molecule has 0 spiro atoms. The zero-order valence-electron chi connectivity index (χ0n) is 11.4. The third-order valence-corrected chi connectivity index (χ3v) is 3.25. The molecule has 102 valence electrons. The number of aromatic hydroxyl groups is 1. The second kappa shape index (κ2) is 8.09. The predicted molar refractivity (Wildman–Crippen MR) is 73.1 cm³/mol. The Hall–Kier alpha value is -1.09. The zero-order chi connectivity index (χ0) is 13.4. The van der Waals surface area contributed by atoms with E-state index >= 15 is 0 Å². The second-order valence-corrected chi connectivity index (χ2v) is 4.87. The van der Waals surface area contributed by atoms with Gasteiger partial charge in [0.2, 0.25) is 0 Å². The first-order valence-corrected chi connectivity index (χ1v) is 6.84. The molecule has 2 nitrogen and oxygen atoms in total. The molecule has 1 rings (SSSR count). The smallest absolute Gasteiger partial charge is 0.127 e. The molecule has 2 N–H and O–H groups in total. The van der Waals surface area contributed by atoms with Crippen LogP contribution in [0.15, 0.2) is 18.2 Å². The third kappa shape index (κ3) is 5.50. The second-order valence-electron chi connectivity index (χ2n) is 4.87. The van der Waals surface area contributed by atoms with Crippen LogP contribution in [0.1, 0.15) is 45.1 Å². The van der Waals surface area contributed by atoms with Gasteiger partial charge in [-0.05, 0) is 36.6 Å². The fraction of sp³-hybridized carbons (Fsp3) is 0.600. The zero-order valence-corrected chi connectivity index (χ0v) is 11.4. The van der Waals surface area contributed by atoms with Crippen LogP contribution in [-0.2, 0) is 6.54 Å². The summed E-state index contributed by atoms with van der Waals surface area (Å²) in [5.41, 5.74) is 0.790. The van der Waals surface area contributed by atoms with E-state index in [4.69, 9.17) is 0 Å². The Morgan fingerprint density at radius 2 is 2.06 bits per heavy atom. The van der Waals surface area contributed by atoms with E-state index in [0.29, 0.717) is 12.5 Å². The molecule has 18 heavy (non-hydrogen) atoms. The maximum atomic E-state index is 13.1. The van der Waals surface area contributed by atoms with Gasteiger partial charge in [0.1, 0.15) is 11.6 Å². The Kier molecular flexibility index (Phi) is 6.73. The topological polar surface area (TPSA) is 32.3 Å². The van der Waals surface area contributed by atoms with Crippen LogP contribution in [0.2, 0.25) is 0 Å². The van der Waals surface area contributed by atoms with Crippen LogP contribution in [0.25, 0.3) is 0 Å². The standard InChI is InChI=1S/C15H24FNO/c1-3-5-6-12(4-2)10-17-11-13-7-14(16)9-15(18)8-13/h7-9,12,17-18H,3-6,10-11H2,1-2H3. The summed E-state index contributed by atoms with van der Waals surface area (Å²) in [4.78, 5) is 0. The molecule has 0 saturated heterocycles. The summed E-state index contributed by atoms with van der Waals surface area (Å²) in [6.07, 6.45) is 4.91. The molecule has 0 aliphatic carbocycles. The van der Waals surface area contributed by atoms with Gasteiger partial charge in [0.15, 0.2) is 0 Å². The molecule has 0 bridgehead atoms. The van der Waals surface area contributed by atoms with Gasteiger partial charge < -0.3 is 10.4 Å². The van der Waals surface area contributed by atoms with Gasteiger partial charge in [-0.25, -0.2) is 4.39 Å². The molecule has 0 aliphatic rings. The van der Waals surface area contributed by atoms with E-state index in [1.54, 1.807) is 6.07 Å². The molecule has 0 aromatic heterocycles. The molecule has 0 aliphatic heterocycles. The van der Waals surface area contributed by atoms with Crippen molar-refractivity contribution >= 4 is 0 Å². The lowest BCUT2D eigenvalue weighted by molar-refractivity contribution is 0.418. The quantitative estimate of drug-likeness (QED) is 0.738. The van der Waals surface area contributed by atoms with Gasteiger partial charge in [-0.1, -0.05) is 33.1 Å². The normalized spacial score (nSPS) is 12.6. The molecule has 1 unspecified atom stereocenters. The van der Waals surface area contributed by atoms with Gasteiger partial charge in [0.25, 0.3) is 0 Å². The van der Waals surface area contributed by atoms with Crippen LogP contribution in [0.3, 0.4) is 0 Å². The van der Waals surface area contributed by atoms with Crippen molar-refractivity contribution in [2.24, 2.45) is 5.92 Å². The Bertz CT molecular complexity index is 334. The van der Waals surface area contributed by atoms with E-state index in [9.17, 15) is 9.50 Å². The lowest BCUT2D eigenvalue weighted by Crippen LogP contribution is -2.22. The average molecular weight is 253 g/mol.